The molecule has 1 saturated carbocycles. The summed E-state index contributed by atoms with van der Waals surface area (Å²) in [6, 6.07) is 7.87. The van der Waals surface area contributed by atoms with Crippen LogP contribution >= 0.6 is 15.9 Å². The lowest BCUT2D eigenvalue weighted by Gasteiger charge is -2.43. The summed E-state index contributed by atoms with van der Waals surface area (Å²) >= 11 is 3.44. The SMILES string of the molecule is CN(CC(=O)NC1(c2cccc(Br)c2)CCC1)S(C)(=O)=O. The van der Waals surface area contributed by atoms with Crippen LogP contribution in [0.3, 0.4) is 0 Å². The zero-order valence-electron chi connectivity index (χ0n) is 12.1. The van der Waals surface area contributed by atoms with Crippen LogP contribution in [0.4, 0.5) is 0 Å². The third-order valence-corrected chi connectivity index (χ3v) is 5.65. The van der Waals surface area contributed by atoms with Crippen molar-refractivity contribution in [2.75, 3.05) is 19.8 Å². The molecule has 1 amide bonds. The zero-order valence-corrected chi connectivity index (χ0v) is 14.5. The van der Waals surface area contributed by atoms with Crippen molar-refractivity contribution in [1.82, 2.24) is 9.62 Å². The van der Waals surface area contributed by atoms with Gasteiger partial charge >= 0.3 is 0 Å². The number of nitrogens with zero attached hydrogens (tertiary/aromatic N) is 1. The summed E-state index contributed by atoms with van der Waals surface area (Å²) in [7, 11) is -1.94. The minimum Gasteiger partial charge on any atom is -0.345 e. The van der Waals surface area contributed by atoms with Gasteiger partial charge in [-0.1, -0.05) is 28.1 Å². The van der Waals surface area contributed by atoms with Crippen LogP contribution in [0, 0.1) is 0 Å². The van der Waals surface area contributed by atoms with Gasteiger partial charge in [0.25, 0.3) is 0 Å². The van der Waals surface area contributed by atoms with Gasteiger partial charge in [0.05, 0.1) is 18.3 Å². The van der Waals surface area contributed by atoms with Crippen molar-refractivity contribution < 1.29 is 13.2 Å². The molecule has 0 radical (unpaired) electrons. The van der Waals surface area contributed by atoms with Gasteiger partial charge in [-0.3, -0.25) is 4.79 Å². The van der Waals surface area contributed by atoms with Gasteiger partial charge in [0.2, 0.25) is 15.9 Å². The summed E-state index contributed by atoms with van der Waals surface area (Å²) in [6.45, 7) is -0.158. The van der Waals surface area contributed by atoms with Gasteiger partial charge in [-0.25, -0.2) is 8.42 Å². The lowest BCUT2D eigenvalue weighted by molar-refractivity contribution is -0.124. The Morgan fingerprint density at radius 3 is 2.57 bits per heavy atom. The van der Waals surface area contributed by atoms with Crippen molar-refractivity contribution in [3.05, 3.63) is 34.3 Å². The van der Waals surface area contributed by atoms with E-state index in [2.05, 4.69) is 21.2 Å². The van der Waals surface area contributed by atoms with Gasteiger partial charge in [-0.15, -0.1) is 0 Å². The van der Waals surface area contributed by atoms with Crippen LogP contribution < -0.4 is 5.32 Å². The second-order valence-corrected chi connectivity index (χ2v) is 8.52. The number of hydrogen-bond donors (Lipinski definition) is 1. The number of nitrogens with one attached hydrogen (secondary N) is 1. The number of hydrogen-bond acceptors (Lipinski definition) is 3. The summed E-state index contributed by atoms with van der Waals surface area (Å²) < 4.78 is 24.8. The average Bonchev–Trinajstić information content (AvgIpc) is 2.32. The third-order valence-electron chi connectivity index (χ3n) is 3.90. The maximum Gasteiger partial charge on any atom is 0.236 e. The fourth-order valence-corrected chi connectivity index (χ4v) is 3.18. The molecule has 1 aromatic rings. The van der Waals surface area contributed by atoms with E-state index in [1.165, 1.54) is 7.05 Å². The van der Waals surface area contributed by atoms with E-state index in [4.69, 9.17) is 0 Å². The van der Waals surface area contributed by atoms with Crippen LogP contribution in [-0.4, -0.2) is 38.5 Å². The molecular formula is C14H19BrN2O3S. The van der Waals surface area contributed by atoms with Crippen molar-refractivity contribution in [2.24, 2.45) is 0 Å². The molecule has 7 heteroatoms. The Bertz CT molecular complexity index is 641. The molecule has 0 atom stereocenters. The largest absolute Gasteiger partial charge is 0.345 e. The minimum absolute atomic E-state index is 0.158. The van der Waals surface area contributed by atoms with Crippen LogP contribution in [0.25, 0.3) is 0 Å². The molecular weight excluding hydrogens is 356 g/mol. The predicted molar refractivity (Wildman–Crippen MR) is 85.3 cm³/mol. The fraction of sp³-hybridized carbons (Fsp3) is 0.500. The molecule has 2 rings (SSSR count). The molecule has 0 spiro atoms. The number of sulfonamides is 1. The van der Waals surface area contributed by atoms with E-state index in [-0.39, 0.29) is 18.0 Å². The van der Waals surface area contributed by atoms with Gasteiger partial charge in [0.15, 0.2) is 0 Å². The smallest absolute Gasteiger partial charge is 0.236 e. The van der Waals surface area contributed by atoms with Crippen molar-refractivity contribution in [3.8, 4) is 0 Å². The summed E-state index contributed by atoms with van der Waals surface area (Å²) in [5, 5.41) is 3.01. The molecule has 0 heterocycles. The molecule has 0 unspecified atom stereocenters. The van der Waals surface area contributed by atoms with E-state index in [1.807, 2.05) is 24.3 Å². The topological polar surface area (TPSA) is 66.5 Å². The fourth-order valence-electron chi connectivity index (χ4n) is 2.43. The average molecular weight is 375 g/mol. The van der Waals surface area contributed by atoms with Gasteiger partial charge in [0.1, 0.15) is 0 Å². The highest BCUT2D eigenvalue weighted by Gasteiger charge is 2.40. The first-order valence-corrected chi connectivity index (χ1v) is 9.35. The van der Waals surface area contributed by atoms with Crippen LogP contribution in [0.2, 0.25) is 0 Å². The molecule has 0 bridgehead atoms. The maximum absolute atomic E-state index is 12.1. The third kappa shape index (κ3) is 3.84. The van der Waals surface area contributed by atoms with Crippen LogP contribution in [0.15, 0.2) is 28.7 Å². The highest BCUT2D eigenvalue weighted by molar-refractivity contribution is 9.10. The molecule has 1 fully saturated rings. The quantitative estimate of drug-likeness (QED) is 0.854. The van der Waals surface area contributed by atoms with Crippen molar-refractivity contribution in [1.29, 1.82) is 0 Å². The van der Waals surface area contributed by atoms with Crippen molar-refractivity contribution in [3.63, 3.8) is 0 Å². The minimum atomic E-state index is -3.35. The molecule has 21 heavy (non-hydrogen) atoms. The van der Waals surface area contributed by atoms with E-state index in [9.17, 15) is 13.2 Å². The second kappa shape index (κ2) is 6.06. The standard InChI is InChI=1S/C14H19BrN2O3S/c1-17(21(2,19)20)10-13(18)16-14(7-4-8-14)11-5-3-6-12(15)9-11/h3,5-6,9H,4,7-8,10H2,1-2H3,(H,16,18). The molecule has 1 N–H and O–H groups in total. The number of likely N-dealkylation sites (N-methyl/N-ethyl adjacent to an activating group) is 1. The van der Waals surface area contributed by atoms with Gasteiger partial charge in [-0.2, -0.15) is 4.31 Å². The lowest BCUT2D eigenvalue weighted by atomic mass is 9.72. The normalized spacial score (nSPS) is 17.3. The van der Waals surface area contributed by atoms with Crippen molar-refractivity contribution in [2.45, 2.75) is 24.8 Å². The number of halogens is 1. The summed E-state index contributed by atoms with van der Waals surface area (Å²) in [5.41, 5.74) is 0.692. The van der Waals surface area contributed by atoms with Gasteiger partial charge in [0, 0.05) is 11.5 Å². The maximum atomic E-state index is 12.1. The molecule has 0 saturated heterocycles. The lowest BCUT2D eigenvalue weighted by Crippen LogP contribution is -2.53. The first-order valence-electron chi connectivity index (χ1n) is 6.71. The van der Waals surface area contributed by atoms with Gasteiger partial charge in [-0.05, 0) is 37.0 Å². The van der Waals surface area contributed by atoms with Crippen LogP contribution in [0.5, 0.6) is 0 Å². The first-order chi connectivity index (χ1) is 9.73. The Labute approximate surface area is 133 Å². The number of amides is 1. The molecule has 1 aromatic carbocycles. The predicted octanol–water partition coefficient (Wildman–Crippen LogP) is 1.84. The van der Waals surface area contributed by atoms with Gasteiger partial charge < -0.3 is 5.32 Å². The van der Waals surface area contributed by atoms with E-state index in [0.717, 1.165) is 39.9 Å². The Morgan fingerprint density at radius 2 is 2.10 bits per heavy atom. The van der Waals surface area contributed by atoms with Crippen molar-refractivity contribution >= 4 is 31.9 Å². The Balaban J connectivity index is 2.11. The van der Waals surface area contributed by atoms with E-state index in [1.54, 1.807) is 0 Å². The Morgan fingerprint density at radius 1 is 1.43 bits per heavy atom. The highest BCUT2D eigenvalue weighted by atomic mass is 79.9. The number of carbonyl (C=O) groups excluding carboxylic acids is 1. The molecule has 1 aliphatic carbocycles. The number of benzene rings is 1. The molecule has 116 valence electrons. The molecule has 0 aromatic heterocycles. The zero-order chi connectivity index (χ0) is 15.7. The van der Waals surface area contributed by atoms with Crippen LogP contribution in [-0.2, 0) is 20.4 Å². The van der Waals surface area contributed by atoms with E-state index < -0.39 is 10.0 Å². The Hall–Kier alpha value is -0.920. The molecule has 0 aliphatic heterocycles. The van der Waals surface area contributed by atoms with E-state index >= 15 is 0 Å². The highest BCUT2D eigenvalue weighted by Crippen LogP contribution is 2.41. The summed E-state index contributed by atoms with van der Waals surface area (Å²) in [6.07, 6.45) is 3.89. The van der Waals surface area contributed by atoms with Crippen LogP contribution in [0.1, 0.15) is 24.8 Å². The number of rotatable bonds is 5. The summed E-state index contributed by atoms with van der Waals surface area (Å²) in [4.78, 5) is 12.1. The monoisotopic (exact) mass is 374 g/mol. The molecule has 1 aliphatic rings. The second-order valence-electron chi connectivity index (χ2n) is 5.51. The number of carbonyl (C=O) groups is 1. The summed E-state index contributed by atoms with van der Waals surface area (Å²) in [5.74, 6) is -0.275. The molecule has 5 nitrogen and oxygen atoms in total. The first kappa shape index (κ1) is 16.5. The van der Waals surface area contributed by atoms with E-state index in [0.29, 0.717) is 0 Å². The Kier molecular flexibility index (Phi) is 4.75.